The Bertz CT molecular complexity index is 1040. The number of carbonyl (C=O) groups excluding carboxylic acids is 1. The molecule has 3 aromatic rings. The van der Waals surface area contributed by atoms with Crippen LogP contribution in [-0.4, -0.2) is 37.8 Å². The van der Waals surface area contributed by atoms with E-state index < -0.39 is 0 Å². The molecule has 3 aromatic heterocycles. The summed E-state index contributed by atoms with van der Waals surface area (Å²) in [4.78, 5) is 32.4. The average Bonchev–Trinajstić information content (AvgIpc) is 3.18. The maximum Gasteiger partial charge on any atom is 0.254 e. The van der Waals surface area contributed by atoms with Crippen molar-refractivity contribution in [2.45, 2.75) is 32.6 Å². The number of amides is 1. The van der Waals surface area contributed by atoms with Crippen LogP contribution >= 0.6 is 11.3 Å². The zero-order valence-corrected chi connectivity index (χ0v) is 16.0. The van der Waals surface area contributed by atoms with Crippen molar-refractivity contribution in [2.24, 2.45) is 7.05 Å². The van der Waals surface area contributed by atoms with Gasteiger partial charge in [0.05, 0.1) is 5.69 Å². The van der Waals surface area contributed by atoms with Gasteiger partial charge in [0.1, 0.15) is 10.7 Å². The van der Waals surface area contributed by atoms with E-state index in [4.69, 9.17) is 4.98 Å². The highest BCUT2D eigenvalue weighted by Gasteiger charge is 2.28. The number of carbonyl (C=O) groups is 1. The van der Waals surface area contributed by atoms with E-state index in [0.29, 0.717) is 24.6 Å². The molecule has 6 nitrogen and oxygen atoms in total. The lowest BCUT2D eigenvalue weighted by Gasteiger charge is -2.31. The van der Waals surface area contributed by atoms with Crippen molar-refractivity contribution in [1.29, 1.82) is 0 Å². The van der Waals surface area contributed by atoms with E-state index in [0.717, 1.165) is 18.7 Å². The van der Waals surface area contributed by atoms with Gasteiger partial charge in [-0.1, -0.05) is 0 Å². The number of thiazole rings is 1. The molecule has 0 saturated carbocycles. The lowest BCUT2D eigenvalue weighted by Crippen LogP contribution is -2.38. The van der Waals surface area contributed by atoms with Crippen LogP contribution in [0.5, 0.6) is 0 Å². The van der Waals surface area contributed by atoms with Crippen LogP contribution in [-0.2, 0) is 7.05 Å². The predicted octanol–water partition coefficient (Wildman–Crippen LogP) is 2.73. The van der Waals surface area contributed by atoms with Crippen LogP contribution in [0.3, 0.4) is 0 Å². The molecule has 0 atom stereocenters. The van der Waals surface area contributed by atoms with Gasteiger partial charge >= 0.3 is 0 Å². The molecule has 26 heavy (non-hydrogen) atoms. The summed E-state index contributed by atoms with van der Waals surface area (Å²) >= 11 is 1.74. The maximum atomic E-state index is 12.7. The fourth-order valence-corrected chi connectivity index (χ4v) is 4.84. The number of hydrogen-bond donors (Lipinski definition) is 0. The second-order valence-electron chi connectivity index (χ2n) is 6.99. The number of imidazole rings is 1. The second kappa shape index (κ2) is 6.39. The van der Waals surface area contributed by atoms with Crippen molar-refractivity contribution in [2.75, 3.05) is 13.1 Å². The van der Waals surface area contributed by atoms with Crippen LogP contribution < -0.4 is 5.56 Å². The third-order valence-electron chi connectivity index (χ3n) is 5.24. The van der Waals surface area contributed by atoms with E-state index in [1.54, 1.807) is 30.6 Å². The van der Waals surface area contributed by atoms with E-state index in [-0.39, 0.29) is 11.5 Å². The number of hydrogen-bond acceptors (Lipinski definition) is 4. The topological polar surface area (TPSA) is 59.6 Å². The number of rotatable bonds is 2. The lowest BCUT2D eigenvalue weighted by molar-refractivity contribution is 0.0712. The third kappa shape index (κ3) is 2.76. The first-order valence-electron chi connectivity index (χ1n) is 8.84. The summed E-state index contributed by atoms with van der Waals surface area (Å²) in [6.07, 6.45) is 3.45. The molecule has 0 spiro atoms. The molecule has 1 aliphatic rings. The molecule has 1 saturated heterocycles. The minimum Gasteiger partial charge on any atom is -0.339 e. The second-order valence-corrected chi connectivity index (χ2v) is 7.85. The predicted molar refractivity (Wildman–Crippen MR) is 102 cm³/mol. The molecular formula is C19H22N4O2S. The van der Waals surface area contributed by atoms with Gasteiger partial charge in [0, 0.05) is 55.0 Å². The Kier molecular flexibility index (Phi) is 4.19. The van der Waals surface area contributed by atoms with Crippen LogP contribution in [0, 0.1) is 13.8 Å². The van der Waals surface area contributed by atoms with Gasteiger partial charge in [-0.25, -0.2) is 4.98 Å². The van der Waals surface area contributed by atoms with Crippen LogP contribution in [0.15, 0.2) is 28.5 Å². The number of aromatic nitrogens is 3. The summed E-state index contributed by atoms with van der Waals surface area (Å²) in [5, 5.41) is 2.17. The number of fused-ring (bicyclic) bond motifs is 1. The van der Waals surface area contributed by atoms with Crippen molar-refractivity contribution < 1.29 is 4.79 Å². The molecule has 0 unspecified atom stereocenters. The van der Waals surface area contributed by atoms with Crippen molar-refractivity contribution in [1.82, 2.24) is 18.9 Å². The van der Waals surface area contributed by atoms with Crippen molar-refractivity contribution in [3.05, 3.63) is 56.8 Å². The number of nitrogens with zero attached hydrogens (tertiary/aromatic N) is 4. The number of likely N-dealkylation sites (tertiary alicyclic amines) is 1. The van der Waals surface area contributed by atoms with Crippen LogP contribution in [0.1, 0.15) is 46.3 Å². The molecule has 0 aromatic carbocycles. The van der Waals surface area contributed by atoms with E-state index >= 15 is 0 Å². The maximum absolute atomic E-state index is 12.7. The van der Waals surface area contributed by atoms with Crippen molar-refractivity contribution in [3.8, 4) is 0 Å². The van der Waals surface area contributed by atoms with Crippen molar-refractivity contribution >= 4 is 22.1 Å². The van der Waals surface area contributed by atoms with Crippen LogP contribution in [0.4, 0.5) is 0 Å². The summed E-state index contributed by atoms with van der Waals surface area (Å²) in [5.74, 6) is 1.36. The summed E-state index contributed by atoms with van der Waals surface area (Å²) < 4.78 is 3.69. The average molecular weight is 370 g/mol. The summed E-state index contributed by atoms with van der Waals surface area (Å²) in [7, 11) is 1.68. The number of aryl methyl sites for hydroxylation is 3. The van der Waals surface area contributed by atoms with Gasteiger partial charge in [-0.2, -0.15) is 0 Å². The van der Waals surface area contributed by atoms with Gasteiger partial charge in [-0.05, 0) is 32.8 Å². The third-order valence-corrected chi connectivity index (χ3v) is 6.32. The van der Waals surface area contributed by atoms with Crippen LogP contribution in [0.25, 0.3) is 4.83 Å². The van der Waals surface area contributed by atoms with Gasteiger partial charge in [-0.15, -0.1) is 11.3 Å². The van der Waals surface area contributed by atoms with Crippen LogP contribution in [0.2, 0.25) is 0 Å². The highest BCUT2D eigenvalue weighted by Crippen LogP contribution is 2.34. The highest BCUT2D eigenvalue weighted by atomic mass is 32.1. The Morgan fingerprint density at radius 3 is 2.69 bits per heavy atom. The molecule has 1 amide bonds. The smallest absolute Gasteiger partial charge is 0.254 e. The van der Waals surface area contributed by atoms with E-state index in [9.17, 15) is 9.59 Å². The molecule has 7 heteroatoms. The Labute approximate surface area is 155 Å². The minimum absolute atomic E-state index is 0.0562. The SMILES string of the molecule is Cc1csc2c(C3CCN(C(=O)c4ccn(C)c(=O)c4)CC3)nc(C)n12. The molecule has 0 bridgehead atoms. The molecule has 136 valence electrons. The normalized spacial score (nSPS) is 15.7. The van der Waals surface area contributed by atoms with Gasteiger partial charge < -0.3 is 9.47 Å². The molecule has 0 radical (unpaired) electrons. The quantitative estimate of drug-likeness (QED) is 0.697. The first-order valence-corrected chi connectivity index (χ1v) is 9.72. The number of pyridine rings is 1. The summed E-state index contributed by atoms with van der Waals surface area (Å²) in [6.45, 7) is 5.54. The Balaban J connectivity index is 1.50. The Hall–Kier alpha value is -2.41. The van der Waals surface area contributed by atoms with Gasteiger partial charge in [0.25, 0.3) is 11.5 Å². The van der Waals surface area contributed by atoms with E-state index in [1.165, 1.54) is 26.9 Å². The lowest BCUT2D eigenvalue weighted by atomic mass is 9.93. The molecule has 4 rings (SSSR count). The van der Waals surface area contributed by atoms with Gasteiger partial charge in [-0.3, -0.25) is 14.0 Å². The van der Waals surface area contributed by atoms with E-state index in [1.807, 2.05) is 11.8 Å². The summed E-state index contributed by atoms with van der Waals surface area (Å²) in [5.41, 5.74) is 2.70. The number of piperidine rings is 1. The fraction of sp³-hybridized carbons (Fsp3) is 0.421. The molecule has 0 N–H and O–H groups in total. The van der Waals surface area contributed by atoms with E-state index in [2.05, 4.69) is 16.7 Å². The first kappa shape index (κ1) is 17.0. The molecule has 1 fully saturated rings. The first-order chi connectivity index (χ1) is 12.5. The molecule has 4 heterocycles. The monoisotopic (exact) mass is 370 g/mol. The standard InChI is InChI=1S/C19H22N4O2S/c1-12-11-26-19-17(20-13(2)23(12)19)14-5-8-22(9-6-14)18(25)15-4-7-21(3)16(24)10-15/h4,7,10-11,14H,5-6,8-9H2,1-3H3. The van der Waals surface area contributed by atoms with Crippen molar-refractivity contribution in [3.63, 3.8) is 0 Å². The zero-order valence-electron chi connectivity index (χ0n) is 15.2. The highest BCUT2D eigenvalue weighted by molar-refractivity contribution is 7.15. The Morgan fingerprint density at radius 2 is 2.00 bits per heavy atom. The molecule has 0 aliphatic carbocycles. The fourth-order valence-electron chi connectivity index (χ4n) is 3.74. The van der Waals surface area contributed by atoms with Gasteiger partial charge in [0.2, 0.25) is 0 Å². The minimum atomic E-state index is -0.158. The largest absolute Gasteiger partial charge is 0.339 e. The Morgan fingerprint density at radius 1 is 1.27 bits per heavy atom. The zero-order chi connectivity index (χ0) is 18.4. The summed E-state index contributed by atoms with van der Waals surface area (Å²) in [6, 6.07) is 3.14. The van der Waals surface area contributed by atoms with Gasteiger partial charge in [0.15, 0.2) is 0 Å². The molecular weight excluding hydrogens is 348 g/mol. The molecule has 1 aliphatic heterocycles.